The van der Waals surface area contributed by atoms with Gasteiger partial charge < -0.3 is 14.4 Å². The van der Waals surface area contributed by atoms with E-state index in [9.17, 15) is 4.79 Å². The average Bonchev–Trinajstić information content (AvgIpc) is 2.87. The molecular weight excluding hydrogens is 292 g/mol. The van der Waals surface area contributed by atoms with Gasteiger partial charge >= 0.3 is 0 Å². The van der Waals surface area contributed by atoms with Crippen molar-refractivity contribution in [3.8, 4) is 0 Å². The molecule has 0 radical (unpaired) electrons. The van der Waals surface area contributed by atoms with Crippen LogP contribution in [0.4, 0.5) is 5.95 Å². The van der Waals surface area contributed by atoms with Gasteiger partial charge in [0, 0.05) is 39.4 Å². The number of amides is 1. The molecule has 1 aliphatic rings. The zero-order chi connectivity index (χ0) is 16.6. The van der Waals surface area contributed by atoms with Crippen LogP contribution in [0.2, 0.25) is 0 Å². The van der Waals surface area contributed by atoms with Gasteiger partial charge in [0.1, 0.15) is 11.5 Å². The third-order valence-electron chi connectivity index (χ3n) is 4.34. The Morgan fingerprint density at radius 1 is 1.09 bits per heavy atom. The van der Waals surface area contributed by atoms with Gasteiger partial charge in [0.15, 0.2) is 0 Å². The summed E-state index contributed by atoms with van der Waals surface area (Å²) in [7, 11) is 1.96. The maximum Gasteiger partial charge on any atom is 0.272 e. The first kappa shape index (κ1) is 15.5. The molecule has 0 atom stereocenters. The van der Waals surface area contributed by atoms with Crippen molar-refractivity contribution in [1.82, 2.24) is 24.6 Å². The van der Waals surface area contributed by atoms with E-state index in [-0.39, 0.29) is 5.91 Å². The van der Waals surface area contributed by atoms with Crippen LogP contribution in [-0.4, -0.2) is 56.7 Å². The molecule has 0 aliphatic carbocycles. The van der Waals surface area contributed by atoms with Crippen LogP contribution < -0.4 is 4.90 Å². The lowest BCUT2D eigenvalue weighted by atomic mass is 10.1. The molecule has 0 aromatic carbocycles. The topological polar surface area (TPSA) is 67.2 Å². The van der Waals surface area contributed by atoms with E-state index in [1.54, 1.807) is 6.20 Å². The van der Waals surface area contributed by atoms with Gasteiger partial charge in [-0.3, -0.25) is 9.78 Å². The molecule has 0 spiro atoms. The fourth-order valence-electron chi connectivity index (χ4n) is 2.87. The van der Waals surface area contributed by atoms with Crippen LogP contribution in [0.25, 0.3) is 0 Å². The summed E-state index contributed by atoms with van der Waals surface area (Å²) < 4.78 is 1.98. The summed E-state index contributed by atoms with van der Waals surface area (Å²) in [6.07, 6.45) is 1.75. The predicted molar refractivity (Wildman–Crippen MR) is 87.6 cm³/mol. The van der Waals surface area contributed by atoms with E-state index in [1.165, 1.54) is 0 Å². The van der Waals surface area contributed by atoms with E-state index in [2.05, 4.69) is 20.1 Å². The fraction of sp³-hybridized carbons (Fsp3) is 0.500. The SMILES string of the molecule is Cc1cnc(C(=O)N2CCN(c3nnc(C)n3C)CC2)c(C)c1. The van der Waals surface area contributed by atoms with Gasteiger partial charge in [-0.15, -0.1) is 10.2 Å². The molecule has 1 amide bonds. The van der Waals surface area contributed by atoms with Crippen molar-refractivity contribution in [3.05, 3.63) is 34.9 Å². The van der Waals surface area contributed by atoms with E-state index in [4.69, 9.17) is 0 Å². The Labute approximate surface area is 135 Å². The molecule has 0 saturated carbocycles. The highest BCUT2D eigenvalue weighted by molar-refractivity contribution is 5.93. The molecule has 7 heteroatoms. The summed E-state index contributed by atoms with van der Waals surface area (Å²) in [5, 5.41) is 8.31. The molecule has 23 heavy (non-hydrogen) atoms. The molecule has 0 unspecified atom stereocenters. The maximum absolute atomic E-state index is 12.7. The molecule has 1 fully saturated rings. The fourth-order valence-corrected chi connectivity index (χ4v) is 2.87. The van der Waals surface area contributed by atoms with Crippen LogP contribution in [-0.2, 0) is 7.05 Å². The number of rotatable bonds is 2. The molecule has 3 heterocycles. The Morgan fingerprint density at radius 2 is 1.78 bits per heavy atom. The van der Waals surface area contributed by atoms with E-state index in [0.29, 0.717) is 18.8 Å². The lowest BCUT2D eigenvalue weighted by Crippen LogP contribution is -2.49. The van der Waals surface area contributed by atoms with Gasteiger partial charge in [-0.1, -0.05) is 6.07 Å². The molecule has 2 aromatic rings. The first-order chi connectivity index (χ1) is 11.0. The molecule has 1 aliphatic heterocycles. The highest BCUT2D eigenvalue weighted by atomic mass is 16.2. The largest absolute Gasteiger partial charge is 0.337 e. The second kappa shape index (κ2) is 5.98. The Morgan fingerprint density at radius 3 is 2.35 bits per heavy atom. The van der Waals surface area contributed by atoms with Gasteiger partial charge in [-0.25, -0.2) is 0 Å². The minimum Gasteiger partial charge on any atom is -0.337 e. The Kier molecular flexibility index (Phi) is 4.02. The van der Waals surface area contributed by atoms with Crippen molar-refractivity contribution in [2.24, 2.45) is 7.05 Å². The molecule has 0 bridgehead atoms. The van der Waals surface area contributed by atoms with Crippen LogP contribution in [0.1, 0.15) is 27.4 Å². The molecule has 3 rings (SSSR count). The van der Waals surface area contributed by atoms with Crippen LogP contribution in [0.15, 0.2) is 12.3 Å². The second-order valence-corrected chi connectivity index (χ2v) is 6.06. The van der Waals surface area contributed by atoms with Crippen LogP contribution in [0.5, 0.6) is 0 Å². The lowest BCUT2D eigenvalue weighted by Gasteiger charge is -2.35. The molecular formula is C16H22N6O. The number of hydrogen-bond donors (Lipinski definition) is 0. The van der Waals surface area contributed by atoms with Gasteiger partial charge in [-0.05, 0) is 31.9 Å². The summed E-state index contributed by atoms with van der Waals surface area (Å²) in [6.45, 7) is 8.69. The number of pyridine rings is 1. The number of aryl methyl sites for hydroxylation is 3. The van der Waals surface area contributed by atoms with Crippen molar-refractivity contribution in [2.75, 3.05) is 31.1 Å². The van der Waals surface area contributed by atoms with Crippen molar-refractivity contribution < 1.29 is 4.79 Å². The smallest absolute Gasteiger partial charge is 0.272 e. The monoisotopic (exact) mass is 314 g/mol. The van der Waals surface area contributed by atoms with Crippen LogP contribution in [0, 0.1) is 20.8 Å². The number of piperazine rings is 1. The average molecular weight is 314 g/mol. The van der Waals surface area contributed by atoms with Crippen molar-refractivity contribution in [1.29, 1.82) is 0 Å². The second-order valence-electron chi connectivity index (χ2n) is 6.06. The standard InChI is InChI=1S/C16H22N6O/c1-11-9-12(2)14(17-10-11)15(23)21-5-7-22(8-6-21)16-19-18-13(3)20(16)4/h9-10H,5-8H2,1-4H3. The first-order valence-electron chi connectivity index (χ1n) is 7.81. The third kappa shape index (κ3) is 2.91. The van der Waals surface area contributed by atoms with Gasteiger partial charge in [0.05, 0.1) is 0 Å². The summed E-state index contributed by atoms with van der Waals surface area (Å²) >= 11 is 0. The number of carbonyl (C=O) groups is 1. The Hall–Kier alpha value is -2.44. The summed E-state index contributed by atoms with van der Waals surface area (Å²) in [5.41, 5.74) is 2.56. The lowest BCUT2D eigenvalue weighted by molar-refractivity contribution is 0.0739. The summed E-state index contributed by atoms with van der Waals surface area (Å²) in [4.78, 5) is 21.0. The Balaban J connectivity index is 1.69. The quantitative estimate of drug-likeness (QED) is 0.830. The maximum atomic E-state index is 12.7. The predicted octanol–water partition coefficient (Wildman–Crippen LogP) is 1.10. The van der Waals surface area contributed by atoms with Crippen LogP contribution in [0.3, 0.4) is 0 Å². The van der Waals surface area contributed by atoms with Crippen molar-refractivity contribution in [2.45, 2.75) is 20.8 Å². The van der Waals surface area contributed by atoms with Gasteiger partial charge in [0.25, 0.3) is 5.91 Å². The van der Waals surface area contributed by atoms with Gasteiger partial charge in [-0.2, -0.15) is 0 Å². The number of hydrogen-bond acceptors (Lipinski definition) is 5. The molecule has 122 valence electrons. The highest BCUT2D eigenvalue weighted by Crippen LogP contribution is 2.16. The number of aromatic nitrogens is 4. The van der Waals surface area contributed by atoms with Crippen molar-refractivity contribution in [3.63, 3.8) is 0 Å². The summed E-state index contributed by atoms with van der Waals surface area (Å²) in [5.74, 6) is 1.76. The normalized spacial score (nSPS) is 15.1. The number of anilines is 1. The van der Waals surface area contributed by atoms with E-state index in [1.807, 2.05) is 43.4 Å². The third-order valence-corrected chi connectivity index (χ3v) is 4.34. The Bertz CT molecular complexity index is 730. The van der Waals surface area contributed by atoms with E-state index >= 15 is 0 Å². The molecule has 0 N–H and O–H groups in total. The summed E-state index contributed by atoms with van der Waals surface area (Å²) in [6, 6.07) is 2.00. The van der Waals surface area contributed by atoms with E-state index < -0.39 is 0 Å². The van der Waals surface area contributed by atoms with Crippen LogP contribution >= 0.6 is 0 Å². The minimum atomic E-state index is 0.0105. The number of nitrogens with zero attached hydrogens (tertiary/aromatic N) is 6. The van der Waals surface area contributed by atoms with E-state index in [0.717, 1.165) is 36.0 Å². The zero-order valence-corrected chi connectivity index (χ0v) is 14.1. The zero-order valence-electron chi connectivity index (χ0n) is 14.1. The van der Waals surface area contributed by atoms with Gasteiger partial charge in [0.2, 0.25) is 5.95 Å². The number of carbonyl (C=O) groups excluding carboxylic acids is 1. The molecule has 2 aromatic heterocycles. The molecule has 1 saturated heterocycles. The highest BCUT2D eigenvalue weighted by Gasteiger charge is 2.26. The molecule has 7 nitrogen and oxygen atoms in total. The van der Waals surface area contributed by atoms with Crippen molar-refractivity contribution >= 4 is 11.9 Å². The minimum absolute atomic E-state index is 0.0105. The first-order valence-corrected chi connectivity index (χ1v) is 7.81.